The number of rotatable bonds is 4. The van der Waals surface area contributed by atoms with Gasteiger partial charge in [-0.05, 0) is 6.07 Å². The van der Waals surface area contributed by atoms with Gasteiger partial charge in [-0.3, -0.25) is 4.79 Å². The van der Waals surface area contributed by atoms with Crippen molar-refractivity contribution >= 4 is 16.8 Å². The Bertz CT molecular complexity index is 727. The molecule has 3 rings (SSSR count). The predicted molar refractivity (Wildman–Crippen MR) is 68.5 cm³/mol. The van der Waals surface area contributed by atoms with Crippen molar-refractivity contribution in [3.8, 4) is 11.4 Å². The summed E-state index contributed by atoms with van der Waals surface area (Å²) in [4.78, 5) is 15.6. The average Bonchev–Trinajstić information content (AvgIpc) is 3.04. The molecule has 5 nitrogen and oxygen atoms in total. The van der Waals surface area contributed by atoms with Crippen molar-refractivity contribution in [1.82, 2.24) is 10.1 Å². The van der Waals surface area contributed by atoms with Crippen LogP contribution in [0.1, 0.15) is 19.2 Å². The molecule has 0 unspecified atom stereocenters. The van der Waals surface area contributed by atoms with Crippen molar-refractivity contribution in [2.75, 3.05) is 0 Å². The van der Waals surface area contributed by atoms with E-state index in [9.17, 15) is 4.79 Å². The lowest BCUT2D eigenvalue weighted by Crippen LogP contribution is -2.00. The average molecular weight is 256 g/mol. The normalized spacial score (nSPS) is 11.0. The number of hydrogen-bond donors (Lipinski definition) is 0. The summed E-state index contributed by atoms with van der Waals surface area (Å²) in [6.45, 7) is 1.81. The van der Waals surface area contributed by atoms with E-state index in [1.54, 1.807) is 6.26 Å². The lowest BCUT2D eigenvalue weighted by molar-refractivity contribution is -0.118. The predicted octanol–water partition coefficient (Wildman–Crippen LogP) is 3.00. The van der Waals surface area contributed by atoms with Crippen LogP contribution < -0.4 is 0 Å². The number of para-hydroxylation sites is 1. The molecule has 0 aliphatic carbocycles. The van der Waals surface area contributed by atoms with Gasteiger partial charge in [-0.25, -0.2) is 0 Å². The van der Waals surface area contributed by atoms with Crippen molar-refractivity contribution in [3.63, 3.8) is 0 Å². The Morgan fingerprint density at radius 1 is 1.32 bits per heavy atom. The number of carbonyl (C=O) groups is 1. The molecule has 3 aromatic rings. The van der Waals surface area contributed by atoms with E-state index in [0.717, 1.165) is 16.5 Å². The van der Waals surface area contributed by atoms with Gasteiger partial charge < -0.3 is 8.94 Å². The summed E-state index contributed by atoms with van der Waals surface area (Å²) >= 11 is 0. The summed E-state index contributed by atoms with van der Waals surface area (Å²) in [6.07, 6.45) is 2.24. The Labute approximate surface area is 109 Å². The molecule has 0 N–H and O–H groups in total. The standard InChI is InChI=1S/C14H12N2O3/c1-2-9(17)7-13-15-14(16-19-13)11-8-18-12-6-4-3-5-10(11)12/h3-6,8H,2,7H2,1H3. The minimum absolute atomic E-state index is 0.0762. The summed E-state index contributed by atoms with van der Waals surface area (Å²) in [5.41, 5.74) is 1.54. The number of furan rings is 1. The second-order valence-electron chi connectivity index (χ2n) is 4.23. The third kappa shape index (κ3) is 2.14. The summed E-state index contributed by atoms with van der Waals surface area (Å²) < 4.78 is 10.5. The van der Waals surface area contributed by atoms with Gasteiger partial charge in [0.25, 0.3) is 0 Å². The number of carbonyl (C=O) groups excluding carboxylic acids is 1. The molecular formula is C14H12N2O3. The highest BCUT2D eigenvalue weighted by molar-refractivity contribution is 5.91. The number of hydrogen-bond acceptors (Lipinski definition) is 5. The van der Waals surface area contributed by atoms with Crippen LogP contribution in [0, 0.1) is 0 Å². The van der Waals surface area contributed by atoms with E-state index in [-0.39, 0.29) is 12.2 Å². The molecule has 0 aliphatic rings. The van der Waals surface area contributed by atoms with E-state index in [2.05, 4.69) is 10.1 Å². The molecule has 0 spiro atoms. The van der Waals surface area contributed by atoms with Gasteiger partial charge in [0.15, 0.2) is 0 Å². The van der Waals surface area contributed by atoms with E-state index < -0.39 is 0 Å². The maximum absolute atomic E-state index is 11.3. The first-order chi connectivity index (χ1) is 9.28. The van der Waals surface area contributed by atoms with Gasteiger partial charge in [-0.2, -0.15) is 4.98 Å². The van der Waals surface area contributed by atoms with Gasteiger partial charge in [0.05, 0.1) is 12.0 Å². The number of ketones is 1. The summed E-state index contributed by atoms with van der Waals surface area (Å²) in [6, 6.07) is 7.63. The van der Waals surface area contributed by atoms with Crippen LogP contribution in [0.5, 0.6) is 0 Å². The lowest BCUT2D eigenvalue weighted by Gasteiger charge is -1.90. The van der Waals surface area contributed by atoms with Crippen molar-refractivity contribution in [1.29, 1.82) is 0 Å². The SMILES string of the molecule is CCC(=O)Cc1nc(-c2coc3ccccc23)no1. The number of nitrogens with zero attached hydrogens (tertiary/aromatic N) is 2. The molecule has 1 aromatic carbocycles. The third-order valence-corrected chi connectivity index (χ3v) is 2.93. The first-order valence-corrected chi connectivity index (χ1v) is 6.09. The molecule has 0 bridgehead atoms. The molecule has 0 saturated heterocycles. The first kappa shape index (κ1) is 11.6. The first-order valence-electron chi connectivity index (χ1n) is 6.09. The zero-order valence-corrected chi connectivity index (χ0v) is 10.4. The van der Waals surface area contributed by atoms with Crippen LogP contribution >= 0.6 is 0 Å². The Hall–Kier alpha value is -2.43. The van der Waals surface area contributed by atoms with Gasteiger partial charge in [0.1, 0.15) is 17.6 Å². The molecule has 2 aromatic heterocycles. The van der Waals surface area contributed by atoms with E-state index in [4.69, 9.17) is 8.94 Å². The Morgan fingerprint density at radius 3 is 3.00 bits per heavy atom. The molecule has 0 fully saturated rings. The quantitative estimate of drug-likeness (QED) is 0.717. The van der Waals surface area contributed by atoms with Gasteiger partial charge in [-0.1, -0.05) is 30.3 Å². The van der Waals surface area contributed by atoms with E-state index in [1.165, 1.54) is 0 Å². The zero-order valence-electron chi connectivity index (χ0n) is 10.4. The monoisotopic (exact) mass is 256 g/mol. The fourth-order valence-electron chi connectivity index (χ4n) is 1.88. The highest BCUT2D eigenvalue weighted by atomic mass is 16.5. The minimum atomic E-state index is 0.0762. The number of fused-ring (bicyclic) bond motifs is 1. The molecule has 0 amide bonds. The number of benzene rings is 1. The van der Waals surface area contributed by atoms with Gasteiger partial charge >= 0.3 is 0 Å². The Balaban J connectivity index is 1.96. The molecule has 0 atom stereocenters. The van der Waals surface area contributed by atoms with Crippen LogP contribution in [0.15, 0.2) is 39.5 Å². The highest BCUT2D eigenvalue weighted by Crippen LogP contribution is 2.28. The van der Waals surface area contributed by atoms with Gasteiger partial charge in [0, 0.05) is 11.8 Å². The van der Waals surface area contributed by atoms with Crippen LogP contribution in [0.4, 0.5) is 0 Å². The van der Waals surface area contributed by atoms with Crippen molar-refractivity contribution in [2.24, 2.45) is 0 Å². The fourth-order valence-corrected chi connectivity index (χ4v) is 1.88. The Morgan fingerprint density at radius 2 is 2.16 bits per heavy atom. The largest absolute Gasteiger partial charge is 0.464 e. The summed E-state index contributed by atoms with van der Waals surface area (Å²) in [5.74, 6) is 0.864. The number of aromatic nitrogens is 2. The topological polar surface area (TPSA) is 69.1 Å². The molecule has 5 heteroatoms. The maximum atomic E-state index is 11.3. The molecule has 0 aliphatic heterocycles. The van der Waals surface area contributed by atoms with Crippen LogP contribution in [-0.4, -0.2) is 15.9 Å². The van der Waals surface area contributed by atoms with Crippen LogP contribution in [-0.2, 0) is 11.2 Å². The van der Waals surface area contributed by atoms with Crippen molar-refractivity contribution < 1.29 is 13.7 Å². The van der Waals surface area contributed by atoms with Crippen molar-refractivity contribution in [3.05, 3.63) is 36.4 Å². The minimum Gasteiger partial charge on any atom is -0.464 e. The van der Waals surface area contributed by atoms with E-state index in [0.29, 0.717) is 18.1 Å². The van der Waals surface area contributed by atoms with E-state index >= 15 is 0 Å². The lowest BCUT2D eigenvalue weighted by atomic mass is 10.2. The van der Waals surface area contributed by atoms with E-state index in [1.807, 2.05) is 31.2 Å². The maximum Gasteiger partial charge on any atom is 0.234 e. The van der Waals surface area contributed by atoms with Crippen LogP contribution in [0.25, 0.3) is 22.4 Å². The second kappa shape index (κ2) is 4.68. The fraction of sp³-hybridized carbons (Fsp3) is 0.214. The summed E-state index contributed by atoms with van der Waals surface area (Å²) in [5, 5.41) is 4.83. The van der Waals surface area contributed by atoms with Crippen LogP contribution in [0.3, 0.4) is 0 Å². The molecule has 19 heavy (non-hydrogen) atoms. The third-order valence-electron chi connectivity index (χ3n) is 2.93. The molecule has 0 saturated carbocycles. The molecular weight excluding hydrogens is 244 g/mol. The molecule has 2 heterocycles. The zero-order chi connectivity index (χ0) is 13.2. The van der Waals surface area contributed by atoms with Crippen LogP contribution in [0.2, 0.25) is 0 Å². The van der Waals surface area contributed by atoms with Gasteiger partial charge in [0.2, 0.25) is 11.7 Å². The molecule has 0 radical (unpaired) electrons. The summed E-state index contributed by atoms with van der Waals surface area (Å²) in [7, 11) is 0. The highest BCUT2D eigenvalue weighted by Gasteiger charge is 2.15. The Kier molecular flexibility index (Phi) is 2.87. The number of Topliss-reactive ketones (excluding diaryl/α,β-unsaturated/α-hetero) is 1. The molecule has 96 valence electrons. The van der Waals surface area contributed by atoms with Crippen molar-refractivity contribution in [2.45, 2.75) is 19.8 Å². The van der Waals surface area contributed by atoms with Gasteiger partial charge in [-0.15, -0.1) is 0 Å². The smallest absolute Gasteiger partial charge is 0.234 e. The second-order valence-corrected chi connectivity index (χ2v) is 4.23.